The molecule has 0 amide bonds. The average molecular weight is 547 g/mol. The SMILES string of the molecule is CCNC(=NCc1ccccc1N1CCOCC1)NCC(C)(O)CN1CCOCC1.I. The maximum Gasteiger partial charge on any atom is 0.191 e. The van der Waals surface area contributed by atoms with Gasteiger partial charge in [0.05, 0.1) is 38.6 Å². The van der Waals surface area contributed by atoms with Gasteiger partial charge in [0.25, 0.3) is 0 Å². The van der Waals surface area contributed by atoms with Gasteiger partial charge >= 0.3 is 0 Å². The van der Waals surface area contributed by atoms with E-state index in [4.69, 9.17) is 14.5 Å². The molecule has 3 rings (SSSR count). The highest BCUT2D eigenvalue weighted by molar-refractivity contribution is 14.0. The van der Waals surface area contributed by atoms with Crippen molar-refractivity contribution in [3.63, 3.8) is 0 Å². The van der Waals surface area contributed by atoms with Crippen LogP contribution in [-0.2, 0) is 16.0 Å². The maximum absolute atomic E-state index is 10.8. The first-order valence-electron chi connectivity index (χ1n) is 11.0. The van der Waals surface area contributed by atoms with E-state index in [-0.39, 0.29) is 24.0 Å². The van der Waals surface area contributed by atoms with Crippen molar-refractivity contribution in [3.05, 3.63) is 29.8 Å². The zero-order valence-corrected chi connectivity index (χ0v) is 21.1. The van der Waals surface area contributed by atoms with Crippen molar-refractivity contribution < 1.29 is 14.6 Å². The van der Waals surface area contributed by atoms with Gasteiger partial charge in [-0.3, -0.25) is 4.90 Å². The summed E-state index contributed by atoms with van der Waals surface area (Å²) in [6.07, 6.45) is 0. The molecular formula is C22H38IN5O3. The summed E-state index contributed by atoms with van der Waals surface area (Å²) in [5.74, 6) is 0.719. The normalized spacial score (nSPS) is 20.0. The lowest BCUT2D eigenvalue weighted by molar-refractivity contribution is -0.0201. The molecule has 1 unspecified atom stereocenters. The Hall–Kier alpha value is -1.14. The second kappa shape index (κ2) is 13.4. The molecule has 0 aliphatic carbocycles. The summed E-state index contributed by atoms with van der Waals surface area (Å²) in [7, 11) is 0. The number of rotatable bonds is 8. The summed E-state index contributed by atoms with van der Waals surface area (Å²) in [5, 5.41) is 17.4. The molecule has 9 heteroatoms. The molecule has 1 aromatic rings. The first-order chi connectivity index (χ1) is 14.6. The molecule has 1 atom stereocenters. The molecular weight excluding hydrogens is 509 g/mol. The summed E-state index contributed by atoms with van der Waals surface area (Å²) in [4.78, 5) is 9.39. The lowest BCUT2D eigenvalue weighted by Crippen LogP contribution is -2.53. The highest BCUT2D eigenvalue weighted by atomic mass is 127. The quantitative estimate of drug-likeness (QED) is 0.257. The number of halogens is 1. The zero-order chi connectivity index (χ0) is 21.2. The standard InChI is InChI=1S/C22H37N5O3.HI/c1-3-23-21(25-17-22(2,28)18-26-8-12-29-13-9-26)24-16-19-6-4-5-7-20(19)27-10-14-30-15-11-27;/h4-7,28H,3,8-18H2,1-2H3,(H2,23,24,25);1H. The number of aliphatic hydroxyl groups is 1. The number of anilines is 1. The minimum Gasteiger partial charge on any atom is -0.387 e. The van der Waals surface area contributed by atoms with E-state index in [0.717, 1.165) is 65.1 Å². The van der Waals surface area contributed by atoms with Crippen LogP contribution in [-0.4, -0.2) is 93.8 Å². The van der Waals surface area contributed by atoms with Crippen LogP contribution in [0.3, 0.4) is 0 Å². The summed E-state index contributed by atoms with van der Waals surface area (Å²) in [6.45, 7) is 12.8. The van der Waals surface area contributed by atoms with Crippen LogP contribution >= 0.6 is 24.0 Å². The average Bonchev–Trinajstić information content (AvgIpc) is 2.77. The summed E-state index contributed by atoms with van der Waals surface area (Å²) >= 11 is 0. The molecule has 0 bridgehead atoms. The van der Waals surface area contributed by atoms with E-state index in [1.54, 1.807) is 0 Å². The van der Waals surface area contributed by atoms with Crippen molar-refractivity contribution in [2.45, 2.75) is 26.0 Å². The molecule has 176 valence electrons. The molecule has 8 nitrogen and oxygen atoms in total. The predicted molar refractivity (Wildman–Crippen MR) is 136 cm³/mol. The van der Waals surface area contributed by atoms with Gasteiger partial charge in [0.2, 0.25) is 0 Å². The van der Waals surface area contributed by atoms with Crippen LogP contribution in [0.15, 0.2) is 29.3 Å². The second-order valence-electron chi connectivity index (χ2n) is 8.16. The van der Waals surface area contributed by atoms with Crippen molar-refractivity contribution in [2.24, 2.45) is 4.99 Å². The summed E-state index contributed by atoms with van der Waals surface area (Å²) < 4.78 is 10.9. The van der Waals surface area contributed by atoms with Crippen LogP contribution in [0.25, 0.3) is 0 Å². The number of morpholine rings is 2. The van der Waals surface area contributed by atoms with Crippen molar-refractivity contribution in [3.8, 4) is 0 Å². The largest absolute Gasteiger partial charge is 0.387 e. The Labute approximate surface area is 203 Å². The number of hydrogen-bond donors (Lipinski definition) is 3. The number of nitrogens with one attached hydrogen (secondary N) is 2. The van der Waals surface area contributed by atoms with E-state index in [1.807, 2.05) is 13.8 Å². The maximum atomic E-state index is 10.8. The van der Waals surface area contributed by atoms with E-state index in [2.05, 4.69) is 44.7 Å². The molecule has 2 fully saturated rings. The molecule has 0 aromatic heterocycles. The molecule has 0 saturated carbocycles. The van der Waals surface area contributed by atoms with Crippen LogP contribution in [0.5, 0.6) is 0 Å². The lowest BCUT2D eigenvalue weighted by Gasteiger charge is -2.34. The Morgan fingerprint density at radius 2 is 1.71 bits per heavy atom. The fourth-order valence-electron chi connectivity index (χ4n) is 3.83. The molecule has 2 saturated heterocycles. The third-order valence-corrected chi connectivity index (χ3v) is 5.40. The van der Waals surface area contributed by atoms with E-state index in [0.29, 0.717) is 19.6 Å². The van der Waals surface area contributed by atoms with Gasteiger partial charge in [-0.05, 0) is 25.5 Å². The van der Waals surface area contributed by atoms with Gasteiger partial charge in [-0.2, -0.15) is 0 Å². The van der Waals surface area contributed by atoms with Crippen molar-refractivity contribution >= 4 is 35.6 Å². The van der Waals surface area contributed by atoms with Crippen LogP contribution in [0.2, 0.25) is 0 Å². The van der Waals surface area contributed by atoms with Gasteiger partial charge in [0.15, 0.2) is 5.96 Å². The Morgan fingerprint density at radius 1 is 1.06 bits per heavy atom. The van der Waals surface area contributed by atoms with Crippen LogP contribution < -0.4 is 15.5 Å². The fourth-order valence-corrected chi connectivity index (χ4v) is 3.83. The predicted octanol–water partition coefficient (Wildman–Crippen LogP) is 1.28. The molecule has 2 heterocycles. The molecule has 1 aromatic carbocycles. The van der Waals surface area contributed by atoms with Gasteiger partial charge in [-0.15, -0.1) is 24.0 Å². The Morgan fingerprint density at radius 3 is 2.39 bits per heavy atom. The topological polar surface area (TPSA) is 81.6 Å². The number of para-hydroxylation sites is 1. The molecule has 2 aliphatic heterocycles. The third-order valence-electron chi connectivity index (χ3n) is 5.40. The first-order valence-corrected chi connectivity index (χ1v) is 11.0. The second-order valence-corrected chi connectivity index (χ2v) is 8.16. The third kappa shape index (κ3) is 8.72. The van der Waals surface area contributed by atoms with E-state index in [9.17, 15) is 5.11 Å². The number of guanidine groups is 1. The fraction of sp³-hybridized carbons (Fsp3) is 0.682. The van der Waals surface area contributed by atoms with Gasteiger partial charge < -0.3 is 30.1 Å². The lowest BCUT2D eigenvalue weighted by atomic mass is 10.1. The number of nitrogens with zero attached hydrogens (tertiary/aromatic N) is 3. The van der Waals surface area contributed by atoms with Crippen molar-refractivity contribution in [1.29, 1.82) is 0 Å². The highest BCUT2D eigenvalue weighted by Gasteiger charge is 2.25. The number of benzene rings is 1. The van der Waals surface area contributed by atoms with Gasteiger partial charge in [0.1, 0.15) is 0 Å². The minimum atomic E-state index is -0.848. The van der Waals surface area contributed by atoms with Crippen LogP contribution in [0, 0.1) is 0 Å². The van der Waals surface area contributed by atoms with Gasteiger partial charge in [0, 0.05) is 51.5 Å². The van der Waals surface area contributed by atoms with E-state index >= 15 is 0 Å². The summed E-state index contributed by atoms with van der Waals surface area (Å²) in [6, 6.07) is 8.42. The van der Waals surface area contributed by atoms with Gasteiger partial charge in [-0.25, -0.2) is 4.99 Å². The number of aliphatic imine (C=N–C) groups is 1. The molecule has 0 radical (unpaired) electrons. The Kier molecular flexibility index (Phi) is 11.3. The highest BCUT2D eigenvalue weighted by Crippen LogP contribution is 2.22. The molecule has 2 aliphatic rings. The molecule has 31 heavy (non-hydrogen) atoms. The molecule has 0 spiro atoms. The monoisotopic (exact) mass is 547 g/mol. The Bertz CT molecular complexity index is 677. The molecule has 3 N–H and O–H groups in total. The van der Waals surface area contributed by atoms with Crippen LogP contribution in [0.4, 0.5) is 5.69 Å². The number of ether oxygens (including phenoxy) is 2. The minimum absolute atomic E-state index is 0. The smallest absolute Gasteiger partial charge is 0.191 e. The zero-order valence-electron chi connectivity index (χ0n) is 18.8. The summed E-state index contributed by atoms with van der Waals surface area (Å²) in [5.41, 5.74) is 1.57. The number of β-amino-alcohol motifs (C(OH)–C–C–N with tert-alkyl or cyclic N) is 1. The van der Waals surface area contributed by atoms with E-state index in [1.165, 1.54) is 11.3 Å². The van der Waals surface area contributed by atoms with E-state index < -0.39 is 5.60 Å². The first kappa shape index (κ1) is 26.1. The van der Waals surface area contributed by atoms with Crippen LogP contribution in [0.1, 0.15) is 19.4 Å². The van der Waals surface area contributed by atoms with Gasteiger partial charge in [-0.1, -0.05) is 18.2 Å². The van der Waals surface area contributed by atoms with Crippen molar-refractivity contribution in [1.82, 2.24) is 15.5 Å². The number of hydrogen-bond acceptors (Lipinski definition) is 6. The van der Waals surface area contributed by atoms with Crippen molar-refractivity contribution in [2.75, 3.05) is 77.1 Å². The Balaban J connectivity index is 0.00000341.